The molecule has 0 aliphatic rings. The number of benzene rings is 1. The molecular formula is C15H18Br2N4O5S. The van der Waals surface area contributed by atoms with E-state index in [4.69, 9.17) is 14.6 Å². The predicted molar refractivity (Wildman–Crippen MR) is 107 cm³/mol. The third kappa shape index (κ3) is 5.51. The monoisotopic (exact) mass is 524 g/mol. The minimum atomic E-state index is -3.98. The molecule has 0 spiro atoms. The SMILES string of the molecule is COc1cc(Nc2ncc(Br)c(O[C@H](C)[C@@H](C)O)n2)cc(Br)c1S(N)(=O)=O. The Morgan fingerprint density at radius 2 is 1.93 bits per heavy atom. The molecule has 1 aromatic carbocycles. The van der Waals surface area contributed by atoms with Gasteiger partial charge in [0, 0.05) is 16.2 Å². The van der Waals surface area contributed by atoms with Gasteiger partial charge in [0.1, 0.15) is 16.7 Å². The molecule has 0 amide bonds. The van der Waals surface area contributed by atoms with E-state index in [1.54, 1.807) is 13.8 Å². The summed E-state index contributed by atoms with van der Waals surface area (Å²) in [5.74, 6) is 0.502. The van der Waals surface area contributed by atoms with Crippen molar-refractivity contribution < 1.29 is 23.0 Å². The zero-order valence-corrected chi connectivity index (χ0v) is 18.6. The fourth-order valence-corrected chi connectivity index (χ4v) is 4.12. The summed E-state index contributed by atoms with van der Waals surface area (Å²) >= 11 is 6.47. The molecule has 0 radical (unpaired) electrons. The van der Waals surface area contributed by atoms with Crippen molar-refractivity contribution in [3.05, 3.63) is 27.3 Å². The van der Waals surface area contributed by atoms with Crippen molar-refractivity contribution in [2.24, 2.45) is 5.14 Å². The number of aliphatic hydroxyl groups excluding tert-OH is 1. The van der Waals surface area contributed by atoms with Gasteiger partial charge in [0.05, 0.1) is 23.9 Å². The first-order valence-electron chi connectivity index (χ1n) is 7.57. The van der Waals surface area contributed by atoms with E-state index in [1.165, 1.54) is 25.4 Å². The summed E-state index contributed by atoms with van der Waals surface area (Å²) in [5, 5.41) is 17.7. The third-order valence-electron chi connectivity index (χ3n) is 3.46. The van der Waals surface area contributed by atoms with Crippen LogP contribution < -0.4 is 19.9 Å². The first-order chi connectivity index (χ1) is 12.5. The normalized spacial score (nSPS) is 13.7. The van der Waals surface area contributed by atoms with Crippen LogP contribution in [0.5, 0.6) is 11.6 Å². The lowest BCUT2D eigenvalue weighted by molar-refractivity contribution is 0.0569. The standard InChI is InChI=1S/C15H18Br2N4O5S/c1-7(22)8(2)26-14-11(17)6-19-15(21-14)20-9-4-10(16)13(27(18,23)24)12(5-9)25-3/h4-8,22H,1-3H3,(H2,18,23,24)(H,19,20,21)/t7-,8-/m1/s1. The van der Waals surface area contributed by atoms with Crippen molar-refractivity contribution in [3.63, 3.8) is 0 Å². The van der Waals surface area contributed by atoms with Gasteiger partial charge in [0.15, 0.2) is 0 Å². The average molecular weight is 526 g/mol. The molecule has 0 saturated heterocycles. The highest BCUT2D eigenvalue weighted by atomic mass is 79.9. The van der Waals surface area contributed by atoms with Gasteiger partial charge >= 0.3 is 0 Å². The van der Waals surface area contributed by atoms with Gasteiger partial charge in [-0.1, -0.05) is 0 Å². The minimum Gasteiger partial charge on any atom is -0.495 e. The van der Waals surface area contributed by atoms with Crippen LogP contribution in [0.2, 0.25) is 0 Å². The number of ether oxygens (including phenoxy) is 2. The van der Waals surface area contributed by atoms with E-state index in [9.17, 15) is 13.5 Å². The van der Waals surface area contributed by atoms with Gasteiger partial charge < -0.3 is 19.9 Å². The number of rotatable bonds is 7. The van der Waals surface area contributed by atoms with E-state index in [2.05, 4.69) is 47.1 Å². The Balaban J connectivity index is 2.36. The van der Waals surface area contributed by atoms with Crippen LogP contribution in [0, 0.1) is 0 Å². The zero-order valence-electron chi connectivity index (χ0n) is 14.6. The van der Waals surface area contributed by atoms with Crippen LogP contribution in [-0.4, -0.2) is 42.8 Å². The highest BCUT2D eigenvalue weighted by molar-refractivity contribution is 9.10. The molecule has 27 heavy (non-hydrogen) atoms. The molecule has 12 heteroatoms. The highest BCUT2D eigenvalue weighted by Gasteiger charge is 2.21. The topological polar surface area (TPSA) is 137 Å². The van der Waals surface area contributed by atoms with Crippen molar-refractivity contribution in [2.45, 2.75) is 31.0 Å². The van der Waals surface area contributed by atoms with Crippen LogP contribution >= 0.6 is 31.9 Å². The number of aromatic nitrogens is 2. The lowest BCUT2D eigenvalue weighted by atomic mass is 10.3. The number of nitrogens with one attached hydrogen (secondary N) is 1. The van der Waals surface area contributed by atoms with Gasteiger partial charge in [-0.25, -0.2) is 18.5 Å². The maximum atomic E-state index is 11.7. The summed E-state index contributed by atoms with van der Waals surface area (Å²) in [6.07, 6.45) is 0.325. The summed E-state index contributed by atoms with van der Waals surface area (Å²) < 4.78 is 34.9. The second kappa shape index (κ2) is 8.69. The van der Waals surface area contributed by atoms with E-state index in [0.29, 0.717) is 10.2 Å². The van der Waals surface area contributed by atoms with Crippen molar-refractivity contribution in [1.29, 1.82) is 0 Å². The van der Waals surface area contributed by atoms with Gasteiger partial charge in [-0.2, -0.15) is 4.98 Å². The van der Waals surface area contributed by atoms with E-state index < -0.39 is 22.2 Å². The van der Waals surface area contributed by atoms with E-state index in [-0.39, 0.29) is 26.9 Å². The summed E-state index contributed by atoms with van der Waals surface area (Å²) in [6.45, 7) is 3.32. The Morgan fingerprint density at radius 3 is 2.48 bits per heavy atom. The average Bonchev–Trinajstić information content (AvgIpc) is 2.55. The summed E-state index contributed by atoms with van der Waals surface area (Å²) in [6, 6.07) is 2.96. The van der Waals surface area contributed by atoms with Crippen LogP contribution in [0.4, 0.5) is 11.6 Å². The number of primary sulfonamides is 1. The quantitative estimate of drug-likeness (QED) is 0.501. The first-order valence-corrected chi connectivity index (χ1v) is 10.7. The van der Waals surface area contributed by atoms with Crippen LogP contribution in [-0.2, 0) is 10.0 Å². The molecule has 2 rings (SSSR count). The molecule has 9 nitrogen and oxygen atoms in total. The van der Waals surface area contributed by atoms with Crippen molar-refractivity contribution in [3.8, 4) is 11.6 Å². The van der Waals surface area contributed by atoms with Gasteiger partial charge in [-0.3, -0.25) is 0 Å². The zero-order chi connectivity index (χ0) is 20.4. The van der Waals surface area contributed by atoms with Gasteiger partial charge in [0.25, 0.3) is 0 Å². The number of hydrogen-bond acceptors (Lipinski definition) is 8. The van der Waals surface area contributed by atoms with Crippen molar-refractivity contribution in [1.82, 2.24) is 9.97 Å². The van der Waals surface area contributed by atoms with Crippen LogP contribution in [0.25, 0.3) is 0 Å². The van der Waals surface area contributed by atoms with Gasteiger partial charge in [0.2, 0.25) is 21.9 Å². The number of sulfonamides is 1. The summed E-state index contributed by atoms with van der Waals surface area (Å²) in [7, 11) is -2.65. The van der Waals surface area contributed by atoms with Crippen molar-refractivity contribution in [2.75, 3.05) is 12.4 Å². The van der Waals surface area contributed by atoms with Crippen molar-refractivity contribution >= 4 is 53.5 Å². The lowest BCUT2D eigenvalue weighted by Gasteiger charge is -2.18. The maximum Gasteiger partial charge on any atom is 0.242 e. The molecule has 4 N–H and O–H groups in total. The summed E-state index contributed by atoms with van der Waals surface area (Å²) in [4.78, 5) is 8.21. The highest BCUT2D eigenvalue weighted by Crippen LogP contribution is 2.35. The molecule has 1 heterocycles. The molecule has 0 saturated carbocycles. The molecule has 0 aliphatic heterocycles. The molecule has 0 bridgehead atoms. The van der Waals surface area contributed by atoms with Gasteiger partial charge in [-0.05, 0) is 51.8 Å². The Bertz CT molecular complexity index is 940. The largest absolute Gasteiger partial charge is 0.495 e. The predicted octanol–water partition coefficient (Wildman–Crippen LogP) is 2.55. The number of aliphatic hydroxyl groups is 1. The molecule has 1 aromatic heterocycles. The Labute approximate surface area is 173 Å². The molecule has 2 aromatic rings. The van der Waals surface area contributed by atoms with E-state index in [0.717, 1.165) is 0 Å². The number of halogens is 2. The van der Waals surface area contributed by atoms with E-state index >= 15 is 0 Å². The number of nitrogens with two attached hydrogens (primary N) is 1. The first kappa shape index (κ1) is 21.8. The smallest absolute Gasteiger partial charge is 0.242 e. The lowest BCUT2D eigenvalue weighted by Crippen LogP contribution is -2.26. The molecule has 0 aliphatic carbocycles. The van der Waals surface area contributed by atoms with Crippen LogP contribution in [0.15, 0.2) is 32.2 Å². The Morgan fingerprint density at radius 1 is 1.26 bits per heavy atom. The molecule has 0 fully saturated rings. The number of anilines is 2. The van der Waals surface area contributed by atoms with Crippen LogP contribution in [0.3, 0.4) is 0 Å². The number of nitrogens with zero attached hydrogens (tertiary/aromatic N) is 2. The van der Waals surface area contributed by atoms with E-state index in [1.807, 2.05) is 0 Å². The van der Waals surface area contributed by atoms with Gasteiger partial charge in [-0.15, -0.1) is 0 Å². The van der Waals surface area contributed by atoms with Crippen LogP contribution in [0.1, 0.15) is 13.8 Å². The third-order valence-corrected chi connectivity index (χ3v) is 5.88. The number of hydrogen-bond donors (Lipinski definition) is 3. The second-order valence-corrected chi connectivity index (χ2v) is 8.78. The molecule has 0 unspecified atom stereocenters. The molecule has 2 atom stereocenters. The second-order valence-electron chi connectivity index (χ2n) is 5.57. The maximum absolute atomic E-state index is 11.7. The summed E-state index contributed by atoms with van der Waals surface area (Å²) in [5.41, 5.74) is 0.461. The number of methoxy groups -OCH3 is 1. The Hall–Kier alpha value is -1.47. The molecule has 148 valence electrons. The fourth-order valence-electron chi connectivity index (χ4n) is 1.97. The molecular weight excluding hydrogens is 508 g/mol. The fraction of sp³-hybridized carbons (Fsp3) is 0.333. The minimum absolute atomic E-state index is 0.0608. The Kier molecular flexibility index (Phi) is 7.03.